The SMILES string of the molecule is CCOC(=O)c1cnoc1-c1ccccc1Cl. The number of nitrogens with zero attached hydrogens (tertiary/aromatic N) is 1. The Kier molecular flexibility index (Phi) is 3.44. The minimum Gasteiger partial charge on any atom is -0.462 e. The summed E-state index contributed by atoms with van der Waals surface area (Å²) in [6.45, 7) is 2.03. The molecule has 2 aromatic rings. The molecule has 0 saturated heterocycles. The highest BCUT2D eigenvalue weighted by atomic mass is 35.5. The lowest BCUT2D eigenvalue weighted by atomic mass is 10.1. The molecule has 0 spiro atoms. The Bertz CT molecular complexity index is 536. The summed E-state index contributed by atoms with van der Waals surface area (Å²) in [6.07, 6.45) is 1.33. The summed E-state index contributed by atoms with van der Waals surface area (Å²) in [5, 5.41) is 4.10. The monoisotopic (exact) mass is 251 g/mol. The van der Waals surface area contributed by atoms with Crippen molar-refractivity contribution in [3.8, 4) is 11.3 Å². The second-order valence-electron chi connectivity index (χ2n) is 3.27. The van der Waals surface area contributed by atoms with Crippen molar-refractivity contribution in [1.82, 2.24) is 5.16 Å². The lowest BCUT2D eigenvalue weighted by Crippen LogP contribution is -2.04. The number of hydrogen-bond donors (Lipinski definition) is 0. The zero-order valence-electron chi connectivity index (χ0n) is 9.14. The van der Waals surface area contributed by atoms with Gasteiger partial charge in [0.25, 0.3) is 0 Å². The van der Waals surface area contributed by atoms with Gasteiger partial charge in [-0.05, 0) is 19.1 Å². The predicted octanol–water partition coefficient (Wildman–Crippen LogP) is 3.17. The number of aromatic nitrogens is 1. The minimum absolute atomic E-state index is 0.278. The molecular formula is C12H10ClNO3. The maximum atomic E-state index is 11.6. The van der Waals surface area contributed by atoms with E-state index in [9.17, 15) is 4.79 Å². The average Bonchev–Trinajstić information content (AvgIpc) is 2.79. The molecule has 1 heterocycles. The van der Waals surface area contributed by atoms with Gasteiger partial charge in [-0.3, -0.25) is 0 Å². The molecule has 0 N–H and O–H groups in total. The molecule has 1 aromatic carbocycles. The van der Waals surface area contributed by atoms with Gasteiger partial charge >= 0.3 is 5.97 Å². The molecule has 5 heteroatoms. The number of carbonyl (C=O) groups is 1. The van der Waals surface area contributed by atoms with Gasteiger partial charge in [0.2, 0.25) is 0 Å². The molecule has 2 rings (SSSR count). The van der Waals surface area contributed by atoms with Crippen molar-refractivity contribution in [2.45, 2.75) is 6.92 Å². The number of benzene rings is 1. The Balaban J connectivity index is 2.44. The molecule has 0 aliphatic rings. The minimum atomic E-state index is -0.469. The van der Waals surface area contributed by atoms with E-state index in [1.165, 1.54) is 6.20 Å². The smallest absolute Gasteiger partial charge is 0.343 e. The molecule has 0 aliphatic heterocycles. The van der Waals surface area contributed by atoms with E-state index in [0.717, 1.165) is 0 Å². The fourth-order valence-corrected chi connectivity index (χ4v) is 1.65. The lowest BCUT2D eigenvalue weighted by Gasteiger charge is -2.02. The predicted molar refractivity (Wildman–Crippen MR) is 62.9 cm³/mol. The Hall–Kier alpha value is -1.81. The van der Waals surface area contributed by atoms with Gasteiger partial charge in [-0.1, -0.05) is 28.9 Å². The number of carbonyl (C=O) groups excluding carboxylic acids is 1. The molecule has 0 amide bonds. The highest BCUT2D eigenvalue weighted by molar-refractivity contribution is 6.33. The number of esters is 1. The fourth-order valence-electron chi connectivity index (χ4n) is 1.43. The van der Waals surface area contributed by atoms with Gasteiger partial charge in [0, 0.05) is 5.56 Å². The van der Waals surface area contributed by atoms with Crippen molar-refractivity contribution in [2.75, 3.05) is 6.61 Å². The molecule has 0 unspecified atom stereocenters. The van der Waals surface area contributed by atoms with Crippen LogP contribution in [0.3, 0.4) is 0 Å². The van der Waals surface area contributed by atoms with Crippen LogP contribution in [-0.4, -0.2) is 17.7 Å². The molecule has 0 radical (unpaired) electrons. The standard InChI is InChI=1S/C12H10ClNO3/c1-2-16-12(15)9-7-14-17-11(9)8-5-3-4-6-10(8)13/h3-7H,2H2,1H3. The molecule has 0 fully saturated rings. The average molecular weight is 252 g/mol. The van der Waals surface area contributed by atoms with E-state index in [-0.39, 0.29) is 5.56 Å². The molecule has 0 atom stereocenters. The third-order valence-corrected chi connectivity index (χ3v) is 2.51. The second-order valence-corrected chi connectivity index (χ2v) is 3.68. The van der Waals surface area contributed by atoms with Crippen LogP contribution in [0.4, 0.5) is 0 Å². The van der Waals surface area contributed by atoms with Crippen molar-refractivity contribution >= 4 is 17.6 Å². The largest absolute Gasteiger partial charge is 0.462 e. The van der Waals surface area contributed by atoms with E-state index in [1.54, 1.807) is 31.2 Å². The zero-order valence-corrected chi connectivity index (χ0v) is 9.90. The van der Waals surface area contributed by atoms with Gasteiger partial charge in [0.1, 0.15) is 5.56 Å². The quantitative estimate of drug-likeness (QED) is 0.787. The fraction of sp³-hybridized carbons (Fsp3) is 0.167. The van der Waals surface area contributed by atoms with Crippen LogP contribution in [0.15, 0.2) is 35.0 Å². The number of hydrogen-bond acceptors (Lipinski definition) is 4. The normalized spacial score (nSPS) is 10.2. The van der Waals surface area contributed by atoms with Gasteiger partial charge in [0.05, 0.1) is 17.8 Å². The van der Waals surface area contributed by atoms with Crippen LogP contribution < -0.4 is 0 Å². The molecule has 17 heavy (non-hydrogen) atoms. The summed E-state index contributed by atoms with van der Waals surface area (Å²) >= 11 is 6.03. The number of rotatable bonds is 3. The Labute approximate surface area is 103 Å². The summed E-state index contributed by atoms with van der Waals surface area (Å²) in [5.41, 5.74) is 0.898. The Morgan fingerprint density at radius 2 is 2.24 bits per heavy atom. The van der Waals surface area contributed by atoms with Gasteiger partial charge in [-0.25, -0.2) is 4.79 Å². The summed E-state index contributed by atoms with van der Waals surface area (Å²) in [5.74, 6) is -0.141. The topological polar surface area (TPSA) is 52.3 Å². The third kappa shape index (κ3) is 2.31. The Morgan fingerprint density at radius 1 is 1.47 bits per heavy atom. The van der Waals surface area contributed by atoms with E-state index in [1.807, 2.05) is 0 Å². The van der Waals surface area contributed by atoms with Crippen LogP contribution in [-0.2, 0) is 4.74 Å². The van der Waals surface area contributed by atoms with E-state index in [2.05, 4.69) is 5.16 Å². The van der Waals surface area contributed by atoms with Crippen LogP contribution >= 0.6 is 11.6 Å². The van der Waals surface area contributed by atoms with Crippen LogP contribution in [0.5, 0.6) is 0 Å². The number of halogens is 1. The molecule has 1 aromatic heterocycles. The van der Waals surface area contributed by atoms with Crippen LogP contribution in [0.25, 0.3) is 11.3 Å². The van der Waals surface area contributed by atoms with E-state index in [0.29, 0.717) is 23.0 Å². The Morgan fingerprint density at radius 3 is 2.94 bits per heavy atom. The molecular weight excluding hydrogens is 242 g/mol. The second kappa shape index (κ2) is 5.01. The van der Waals surface area contributed by atoms with Crippen LogP contribution in [0.2, 0.25) is 5.02 Å². The molecule has 0 saturated carbocycles. The van der Waals surface area contributed by atoms with Crippen molar-refractivity contribution in [3.05, 3.63) is 41.0 Å². The van der Waals surface area contributed by atoms with Crippen LogP contribution in [0.1, 0.15) is 17.3 Å². The first-order valence-electron chi connectivity index (χ1n) is 5.10. The van der Waals surface area contributed by atoms with Gasteiger partial charge in [-0.2, -0.15) is 0 Å². The highest BCUT2D eigenvalue weighted by Crippen LogP contribution is 2.30. The summed E-state index contributed by atoms with van der Waals surface area (Å²) < 4.78 is 9.97. The van der Waals surface area contributed by atoms with Gasteiger partial charge in [0.15, 0.2) is 5.76 Å². The van der Waals surface area contributed by atoms with Gasteiger partial charge in [-0.15, -0.1) is 0 Å². The third-order valence-electron chi connectivity index (χ3n) is 2.18. The van der Waals surface area contributed by atoms with Crippen molar-refractivity contribution in [3.63, 3.8) is 0 Å². The summed E-state index contributed by atoms with van der Waals surface area (Å²) in [4.78, 5) is 11.6. The van der Waals surface area contributed by atoms with Crippen molar-refractivity contribution in [1.29, 1.82) is 0 Å². The summed E-state index contributed by atoms with van der Waals surface area (Å²) in [6, 6.07) is 7.07. The van der Waals surface area contributed by atoms with Crippen molar-refractivity contribution < 1.29 is 14.1 Å². The molecule has 4 nitrogen and oxygen atoms in total. The van der Waals surface area contributed by atoms with E-state index < -0.39 is 5.97 Å². The van der Waals surface area contributed by atoms with E-state index in [4.69, 9.17) is 20.9 Å². The first-order valence-corrected chi connectivity index (χ1v) is 5.48. The number of ether oxygens (including phenoxy) is 1. The molecule has 0 bridgehead atoms. The zero-order chi connectivity index (χ0) is 12.3. The van der Waals surface area contributed by atoms with E-state index >= 15 is 0 Å². The highest BCUT2D eigenvalue weighted by Gasteiger charge is 2.20. The van der Waals surface area contributed by atoms with Crippen molar-refractivity contribution in [2.24, 2.45) is 0 Å². The molecule has 0 aliphatic carbocycles. The molecule has 88 valence electrons. The maximum Gasteiger partial charge on any atom is 0.343 e. The first-order chi connectivity index (χ1) is 8.24. The maximum absolute atomic E-state index is 11.6. The summed E-state index contributed by atoms with van der Waals surface area (Å²) in [7, 11) is 0. The first kappa shape index (κ1) is 11.7. The lowest BCUT2D eigenvalue weighted by molar-refractivity contribution is 0.0527. The van der Waals surface area contributed by atoms with Gasteiger partial charge < -0.3 is 9.26 Å². The van der Waals surface area contributed by atoms with Crippen LogP contribution in [0, 0.1) is 0 Å².